The first kappa shape index (κ1) is 17.1. The van der Waals surface area contributed by atoms with Crippen LogP contribution in [0.1, 0.15) is 62.5 Å². The first-order chi connectivity index (χ1) is 9.36. The zero-order valence-corrected chi connectivity index (χ0v) is 13.9. The van der Waals surface area contributed by atoms with Gasteiger partial charge in [0.1, 0.15) is 6.10 Å². The van der Waals surface area contributed by atoms with E-state index in [9.17, 15) is 0 Å². The maximum absolute atomic E-state index is 5.30. The lowest BCUT2D eigenvalue weighted by atomic mass is 9.97. The lowest BCUT2D eigenvalue weighted by Gasteiger charge is -2.19. The third-order valence-corrected chi connectivity index (χ3v) is 3.56. The molecule has 1 aromatic heterocycles. The molecular weight excluding hydrogens is 250 g/mol. The van der Waals surface area contributed by atoms with Crippen molar-refractivity contribution in [1.82, 2.24) is 15.3 Å². The van der Waals surface area contributed by atoms with Crippen LogP contribution in [0.15, 0.2) is 0 Å². The molecule has 0 aliphatic rings. The number of hydrogen-bond donors (Lipinski definition) is 1. The zero-order valence-electron chi connectivity index (χ0n) is 13.9. The Balaban J connectivity index is 2.84. The summed E-state index contributed by atoms with van der Waals surface area (Å²) >= 11 is 0. The van der Waals surface area contributed by atoms with E-state index in [-0.39, 0.29) is 6.10 Å². The molecule has 4 heteroatoms. The van der Waals surface area contributed by atoms with Gasteiger partial charge in [-0.2, -0.15) is 0 Å². The Kier molecular flexibility index (Phi) is 6.56. The largest absolute Gasteiger partial charge is 0.374 e. The highest BCUT2D eigenvalue weighted by Crippen LogP contribution is 2.23. The maximum atomic E-state index is 5.30. The molecular formula is C16H29N3O. The quantitative estimate of drug-likeness (QED) is 0.833. The Labute approximate surface area is 123 Å². The van der Waals surface area contributed by atoms with Crippen LogP contribution in [0.4, 0.5) is 0 Å². The SMILES string of the molecule is COC(C)c1nc(C)c(C(C)CNCC(C)C)c(C)n1. The van der Waals surface area contributed by atoms with Gasteiger partial charge in [0.2, 0.25) is 0 Å². The number of aryl methyl sites for hydroxylation is 2. The van der Waals surface area contributed by atoms with Crippen molar-refractivity contribution in [2.75, 3.05) is 20.2 Å². The molecule has 0 spiro atoms. The summed E-state index contributed by atoms with van der Waals surface area (Å²) < 4.78 is 5.30. The van der Waals surface area contributed by atoms with Crippen molar-refractivity contribution < 1.29 is 4.74 Å². The molecule has 114 valence electrons. The second kappa shape index (κ2) is 7.70. The highest BCUT2D eigenvalue weighted by Gasteiger charge is 2.17. The summed E-state index contributed by atoms with van der Waals surface area (Å²) in [5.74, 6) is 1.86. The lowest BCUT2D eigenvalue weighted by molar-refractivity contribution is 0.111. The van der Waals surface area contributed by atoms with Crippen molar-refractivity contribution in [1.29, 1.82) is 0 Å². The molecule has 0 saturated carbocycles. The predicted octanol–water partition coefficient (Wildman–Crippen LogP) is 3.15. The van der Waals surface area contributed by atoms with Crippen LogP contribution >= 0.6 is 0 Å². The van der Waals surface area contributed by atoms with Gasteiger partial charge in [-0.05, 0) is 44.7 Å². The van der Waals surface area contributed by atoms with E-state index in [0.29, 0.717) is 11.8 Å². The van der Waals surface area contributed by atoms with Crippen LogP contribution in [-0.4, -0.2) is 30.2 Å². The molecule has 0 radical (unpaired) electrons. The highest BCUT2D eigenvalue weighted by atomic mass is 16.5. The standard InChI is InChI=1S/C16H29N3O/c1-10(2)8-17-9-11(3)15-12(4)18-16(14(6)20-7)19-13(15)5/h10-11,14,17H,8-9H2,1-7H3. The number of hydrogen-bond acceptors (Lipinski definition) is 4. The van der Waals surface area contributed by atoms with Crippen LogP contribution < -0.4 is 5.32 Å². The van der Waals surface area contributed by atoms with Crippen molar-refractivity contribution in [3.63, 3.8) is 0 Å². The second-order valence-electron chi connectivity index (χ2n) is 6.00. The minimum Gasteiger partial charge on any atom is -0.374 e. The highest BCUT2D eigenvalue weighted by molar-refractivity contribution is 5.28. The first-order valence-electron chi connectivity index (χ1n) is 7.45. The smallest absolute Gasteiger partial charge is 0.157 e. The maximum Gasteiger partial charge on any atom is 0.157 e. The summed E-state index contributed by atoms with van der Waals surface area (Å²) in [7, 11) is 1.69. The van der Waals surface area contributed by atoms with Gasteiger partial charge in [0.25, 0.3) is 0 Å². The van der Waals surface area contributed by atoms with Crippen LogP contribution in [0.2, 0.25) is 0 Å². The van der Waals surface area contributed by atoms with E-state index in [2.05, 4.69) is 49.9 Å². The third-order valence-electron chi connectivity index (χ3n) is 3.56. The van der Waals surface area contributed by atoms with Crippen molar-refractivity contribution in [3.8, 4) is 0 Å². The summed E-state index contributed by atoms with van der Waals surface area (Å²) in [6.45, 7) is 14.8. The van der Waals surface area contributed by atoms with Crippen LogP contribution in [0.3, 0.4) is 0 Å². The molecule has 2 atom stereocenters. The summed E-state index contributed by atoms with van der Waals surface area (Å²) in [5, 5.41) is 3.51. The molecule has 1 heterocycles. The third kappa shape index (κ3) is 4.53. The van der Waals surface area contributed by atoms with Gasteiger partial charge in [0, 0.05) is 25.0 Å². The Hall–Kier alpha value is -1.00. The molecule has 0 aliphatic carbocycles. The monoisotopic (exact) mass is 279 g/mol. The number of rotatable bonds is 7. The van der Waals surface area contributed by atoms with Gasteiger partial charge in [-0.25, -0.2) is 9.97 Å². The van der Waals surface area contributed by atoms with E-state index in [4.69, 9.17) is 4.74 Å². The number of nitrogens with one attached hydrogen (secondary N) is 1. The topological polar surface area (TPSA) is 47.0 Å². The van der Waals surface area contributed by atoms with Gasteiger partial charge in [-0.1, -0.05) is 20.8 Å². The molecule has 0 aromatic carbocycles. The average Bonchev–Trinajstić information content (AvgIpc) is 2.36. The molecule has 20 heavy (non-hydrogen) atoms. The van der Waals surface area contributed by atoms with E-state index in [1.807, 2.05) is 6.92 Å². The summed E-state index contributed by atoms with van der Waals surface area (Å²) in [6, 6.07) is 0. The van der Waals surface area contributed by atoms with Crippen molar-refractivity contribution >= 4 is 0 Å². The van der Waals surface area contributed by atoms with Crippen LogP contribution in [-0.2, 0) is 4.74 Å². The molecule has 0 amide bonds. The Morgan fingerprint density at radius 1 is 1.00 bits per heavy atom. The van der Waals surface area contributed by atoms with E-state index in [0.717, 1.165) is 30.3 Å². The number of aromatic nitrogens is 2. The summed E-state index contributed by atoms with van der Waals surface area (Å²) in [5.41, 5.74) is 3.39. The van der Waals surface area contributed by atoms with E-state index in [1.165, 1.54) is 5.56 Å². The van der Waals surface area contributed by atoms with Gasteiger partial charge >= 0.3 is 0 Å². The average molecular weight is 279 g/mol. The summed E-state index contributed by atoms with van der Waals surface area (Å²) in [6.07, 6.45) is -0.0594. The Bertz CT molecular complexity index is 409. The second-order valence-corrected chi connectivity index (χ2v) is 6.00. The van der Waals surface area contributed by atoms with E-state index >= 15 is 0 Å². The van der Waals surface area contributed by atoms with Gasteiger partial charge < -0.3 is 10.1 Å². The van der Waals surface area contributed by atoms with Gasteiger partial charge in [0.05, 0.1) is 0 Å². The fourth-order valence-corrected chi connectivity index (χ4v) is 2.44. The van der Waals surface area contributed by atoms with Crippen molar-refractivity contribution in [2.24, 2.45) is 5.92 Å². The molecule has 0 bridgehead atoms. The van der Waals surface area contributed by atoms with Crippen LogP contribution in [0.25, 0.3) is 0 Å². The molecule has 1 aromatic rings. The van der Waals surface area contributed by atoms with Gasteiger partial charge in [-0.3, -0.25) is 0 Å². The van der Waals surface area contributed by atoms with Crippen LogP contribution in [0, 0.1) is 19.8 Å². The van der Waals surface area contributed by atoms with E-state index < -0.39 is 0 Å². The van der Waals surface area contributed by atoms with Crippen molar-refractivity contribution in [3.05, 3.63) is 22.8 Å². The molecule has 0 fully saturated rings. The molecule has 2 unspecified atom stereocenters. The minimum atomic E-state index is -0.0594. The summed E-state index contributed by atoms with van der Waals surface area (Å²) in [4.78, 5) is 9.21. The normalized spacial score (nSPS) is 14.6. The minimum absolute atomic E-state index is 0.0594. The molecule has 0 aliphatic heterocycles. The molecule has 1 N–H and O–H groups in total. The Morgan fingerprint density at radius 2 is 1.55 bits per heavy atom. The molecule has 4 nitrogen and oxygen atoms in total. The van der Waals surface area contributed by atoms with Crippen molar-refractivity contribution in [2.45, 2.75) is 53.6 Å². The fourth-order valence-electron chi connectivity index (χ4n) is 2.44. The number of methoxy groups -OCH3 is 1. The fraction of sp³-hybridized carbons (Fsp3) is 0.750. The van der Waals surface area contributed by atoms with Gasteiger partial charge in [0.15, 0.2) is 5.82 Å². The number of nitrogens with zero attached hydrogens (tertiary/aromatic N) is 2. The van der Waals surface area contributed by atoms with Crippen LogP contribution in [0.5, 0.6) is 0 Å². The zero-order chi connectivity index (χ0) is 15.3. The number of ether oxygens (including phenoxy) is 1. The van der Waals surface area contributed by atoms with E-state index in [1.54, 1.807) is 7.11 Å². The molecule has 0 saturated heterocycles. The lowest BCUT2D eigenvalue weighted by Crippen LogP contribution is -2.25. The Morgan fingerprint density at radius 3 is 2.00 bits per heavy atom. The first-order valence-corrected chi connectivity index (χ1v) is 7.45. The van der Waals surface area contributed by atoms with Gasteiger partial charge in [-0.15, -0.1) is 0 Å². The molecule has 1 rings (SSSR count). The predicted molar refractivity (Wildman–Crippen MR) is 83.1 cm³/mol.